The van der Waals surface area contributed by atoms with Crippen molar-refractivity contribution in [1.29, 1.82) is 0 Å². The van der Waals surface area contributed by atoms with E-state index in [9.17, 15) is 9.46 Å². The van der Waals surface area contributed by atoms with Crippen LogP contribution in [-0.2, 0) is 43.9 Å². The molecule has 3 N–H and O–H groups in total. The quantitative estimate of drug-likeness (QED) is 0.177. The number of alkyl halides is 2. The zero-order chi connectivity index (χ0) is 32.3. The molecule has 4 aromatic rings. The summed E-state index contributed by atoms with van der Waals surface area (Å²) < 4.78 is 82.0. The summed E-state index contributed by atoms with van der Waals surface area (Å²) in [6.45, 7) is -0.381. The lowest BCUT2D eigenvalue weighted by Crippen LogP contribution is -2.36. The van der Waals surface area contributed by atoms with E-state index in [-0.39, 0.29) is 11.3 Å². The van der Waals surface area contributed by atoms with Crippen LogP contribution in [0.3, 0.4) is 0 Å². The Morgan fingerprint density at radius 1 is 0.851 bits per heavy atom. The lowest BCUT2D eigenvalue weighted by molar-refractivity contribution is -0.0581. The van der Waals surface area contributed by atoms with E-state index in [0.29, 0.717) is 35.8 Å². The molecule has 248 valence electrons. The SMILES string of the molecule is O=P1(O)OCC2O[C@@H]3[C@H](F)[C@@H]2O[P+](=S)OC[C@H]2O[C@H]([C@H](F)[C@@H]2O1)n1cnc2c(ncnc21)NC/C=C/CNc1ncnc2c1ncn23. The van der Waals surface area contributed by atoms with Crippen LogP contribution in [0.1, 0.15) is 12.5 Å². The maximum Gasteiger partial charge on any atom is 0.522 e. The van der Waals surface area contributed by atoms with Crippen LogP contribution in [0.5, 0.6) is 0 Å². The second kappa shape index (κ2) is 12.3. The zero-order valence-electron chi connectivity index (χ0n) is 23.9. The van der Waals surface area contributed by atoms with Crippen LogP contribution in [0, 0.1) is 0 Å². The minimum Gasteiger partial charge on any atom is -0.365 e. The first kappa shape index (κ1) is 31.1. The highest BCUT2D eigenvalue weighted by Crippen LogP contribution is 2.51. The average molecular weight is 714 g/mol. The third-order valence-corrected chi connectivity index (χ3v) is 10.3. The molecule has 0 amide bonds. The average Bonchev–Trinajstić information content (AvgIpc) is 3.81. The van der Waals surface area contributed by atoms with E-state index in [1.54, 1.807) is 0 Å². The number of aromatic nitrogens is 8. The van der Waals surface area contributed by atoms with E-state index < -0.39 is 77.4 Å². The van der Waals surface area contributed by atoms with Crippen LogP contribution >= 0.6 is 15.0 Å². The second-order valence-corrected chi connectivity index (χ2v) is 14.0. The van der Waals surface area contributed by atoms with Gasteiger partial charge in [-0.05, 0) is 0 Å². The molecule has 47 heavy (non-hydrogen) atoms. The van der Waals surface area contributed by atoms with Crippen molar-refractivity contribution in [2.24, 2.45) is 0 Å². The molecule has 0 aliphatic carbocycles. The van der Waals surface area contributed by atoms with Gasteiger partial charge in [-0.1, -0.05) is 12.2 Å². The minimum absolute atomic E-state index is 0.228. The number of hydrogen-bond donors (Lipinski definition) is 3. The first-order valence-electron chi connectivity index (χ1n) is 14.3. The summed E-state index contributed by atoms with van der Waals surface area (Å²) in [7, 11) is -7.21. The van der Waals surface area contributed by atoms with E-state index in [1.165, 1.54) is 34.4 Å². The Morgan fingerprint density at radius 3 is 2.00 bits per heavy atom. The van der Waals surface area contributed by atoms with Crippen molar-refractivity contribution in [2.45, 2.75) is 49.2 Å². The van der Waals surface area contributed by atoms with Gasteiger partial charge in [0, 0.05) is 13.1 Å². The Kier molecular flexibility index (Phi) is 8.15. The van der Waals surface area contributed by atoms with Crippen LogP contribution in [-0.4, -0.2) is 107 Å². The fraction of sp³-hybridized carbons (Fsp3) is 0.500. The van der Waals surface area contributed by atoms with Gasteiger partial charge in [-0.3, -0.25) is 18.2 Å². The minimum atomic E-state index is -4.99. The number of fused-ring (bicyclic) bond motifs is 10. The topological polar surface area (TPSA) is 204 Å². The third-order valence-electron chi connectivity index (χ3n) is 7.95. The molecule has 5 aliphatic rings. The molecular formula is C24H25F2N10O8P2S+. The molecule has 14 bridgehead atoms. The number of hydrogen-bond acceptors (Lipinski definition) is 16. The number of anilines is 2. The molecule has 0 spiro atoms. The van der Waals surface area contributed by atoms with Crippen LogP contribution in [0.15, 0.2) is 37.5 Å². The number of nitrogens with zero attached hydrogens (tertiary/aromatic N) is 8. The van der Waals surface area contributed by atoms with Crippen LogP contribution < -0.4 is 10.6 Å². The zero-order valence-corrected chi connectivity index (χ0v) is 26.5. The Labute approximate surface area is 269 Å². The smallest absolute Gasteiger partial charge is 0.365 e. The van der Waals surface area contributed by atoms with Crippen LogP contribution in [0.2, 0.25) is 0 Å². The van der Waals surface area contributed by atoms with Crippen molar-refractivity contribution in [1.82, 2.24) is 39.0 Å². The van der Waals surface area contributed by atoms with E-state index in [2.05, 4.69) is 40.5 Å². The molecule has 9 rings (SSSR count). The normalized spacial score (nSPS) is 36.2. The number of ether oxygens (including phenoxy) is 2. The summed E-state index contributed by atoms with van der Waals surface area (Å²) in [6.07, 6.45) is -3.26. The summed E-state index contributed by atoms with van der Waals surface area (Å²) in [4.78, 5) is 36.4. The summed E-state index contributed by atoms with van der Waals surface area (Å²) in [6, 6.07) is 0. The van der Waals surface area contributed by atoms with E-state index in [1.807, 2.05) is 12.2 Å². The highest BCUT2D eigenvalue weighted by atomic mass is 32.4. The fourth-order valence-corrected chi connectivity index (χ4v) is 8.00. The van der Waals surface area contributed by atoms with Gasteiger partial charge in [-0.25, -0.2) is 43.2 Å². The summed E-state index contributed by atoms with van der Waals surface area (Å²) >= 11 is 5.38. The second-order valence-electron chi connectivity index (χ2n) is 10.8. The fourth-order valence-electron chi connectivity index (χ4n) is 5.79. The van der Waals surface area contributed by atoms with Gasteiger partial charge in [0.25, 0.3) is 0 Å². The maximum atomic E-state index is 16.1. The number of halogens is 2. The van der Waals surface area contributed by atoms with Crippen molar-refractivity contribution in [2.75, 3.05) is 36.9 Å². The van der Waals surface area contributed by atoms with Crippen LogP contribution in [0.4, 0.5) is 20.4 Å². The highest BCUT2D eigenvalue weighted by Gasteiger charge is 2.55. The highest BCUT2D eigenvalue weighted by molar-refractivity contribution is 8.00. The van der Waals surface area contributed by atoms with Gasteiger partial charge in [0.05, 0.1) is 19.3 Å². The molecule has 0 radical (unpaired) electrons. The predicted molar refractivity (Wildman–Crippen MR) is 160 cm³/mol. The van der Waals surface area contributed by atoms with Crippen molar-refractivity contribution in [3.8, 4) is 0 Å². The van der Waals surface area contributed by atoms with Gasteiger partial charge >= 0.3 is 15.0 Å². The molecule has 5 aliphatic heterocycles. The van der Waals surface area contributed by atoms with Gasteiger partial charge in [-0.2, -0.15) is 0 Å². The summed E-state index contributed by atoms with van der Waals surface area (Å²) in [5.41, 5.74) is 1.16. The molecule has 4 aromatic heterocycles. The molecule has 3 fully saturated rings. The lowest BCUT2D eigenvalue weighted by Gasteiger charge is -2.23. The Morgan fingerprint density at radius 2 is 1.40 bits per heavy atom. The number of nitrogens with one attached hydrogen (secondary N) is 2. The molecule has 3 unspecified atom stereocenters. The predicted octanol–water partition coefficient (Wildman–Crippen LogP) is 2.22. The number of phosphoric ester groups is 1. The van der Waals surface area contributed by atoms with Crippen molar-refractivity contribution in [3.63, 3.8) is 0 Å². The number of rotatable bonds is 0. The van der Waals surface area contributed by atoms with Gasteiger partial charge in [0.1, 0.15) is 37.6 Å². The van der Waals surface area contributed by atoms with Gasteiger partial charge in [0.2, 0.25) is 11.8 Å². The number of imidazole rings is 2. The van der Waals surface area contributed by atoms with E-state index >= 15 is 8.78 Å². The molecule has 0 saturated carbocycles. The molecule has 23 heteroatoms. The van der Waals surface area contributed by atoms with Gasteiger partial charge in [0.15, 0.2) is 64.9 Å². The maximum absolute atomic E-state index is 16.1. The molecule has 3 saturated heterocycles. The largest absolute Gasteiger partial charge is 0.522 e. The Hall–Kier alpha value is -3.23. The van der Waals surface area contributed by atoms with Crippen LogP contribution in [0.25, 0.3) is 22.3 Å². The third kappa shape index (κ3) is 5.69. The lowest BCUT2D eigenvalue weighted by atomic mass is 10.1. The molecule has 18 nitrogen and oxygen atoms in total. The van der Waals surface area contributed by atoms with Gasteiger partial charge in [-0.15, -0.1) is 9.05 Å². The first-order valence-corrected chi connectivity index (χ1v) is 18.0. The Balaban J connectivity index is 1.20. The van der Waals surface area contributed by atoms with Crippen molar-refractivity contribution >= 4 is 60.7 Å². The Bertz CT molecular complexity index is 1920. The monoisotopic (exact) mass is 713 g/mol. The standard InChI is InChI=1S/C24H24F2N10O8P2S/c25-13-17-12-6-40-46(37,38)44-18-11(5-39-45(47)43-17)41-24(14(18)26)36-10-34-16-20(30-8-32-22(16)36)28-4-2-1-3-27-19-15-21(31-7-29-19)35(9-33-15)23(13)42-12/h1-2,7-14,17-18,23-24H,3-6H2,(H2-,27,28,29,30,31,32,37,38)/p+1/b2-1+/t11-,12?,13-,14-,17-,18-,23-,24-/m1/s1. The summed E-state index contributed by atoms with van der Waals surface area (Å²) in [5.74, 6) is 0.776. The first-order chi connectivity index (χ1) is 22.8. The molecule has 0 aromatic carbocycles. The molecular weight excluding hydrogens is 688 g/mol. The van der Waals surface area contributed by atoms with E-state index in [0.717, 1.165) is 0 Å². The number of phosphoric acid groups is 1. The summed E-state index contributed by atoms with van der Waals surface area (Å²) in [5, 5.41) is 6.30. The molecule has 9 heterocycles. The van der Waals surface area contributed by atoms with Crippen molar-refractivity contribution < 1.29 is 45.8 Å². The van der Waals surface area contributed by atoms with Gasteiger partial charge < -0.3 is 25.0 Å². The van der Waals surface area contributed by atoms with E-state index in [4.69, 9.17) is 39.4 Å². The molecule has 10 atom stereocenters. The van der Waals surface area contributed by atoms with Crippen molar-refractivity contribution in [3.05, 3.63) is 37.5 Å².